The number of anilines is 2. The lowest BCUT2D eigenvalue weighted by Gasteiger charge is -2.05. The van der Waals surface area contributed by atoms with E-state index in [1.807, 2.05) is 0 Å². The Morgan fingerprint density at radius 1 is 1.60 bits per heavy atom. The number of aromatic nitrogens is 2. The Balaban J connectivity index is 2.40. The molecule has 0 aliphatic carbocycles. The van der Waals surface area contributed by atoms with E-state index in [2.05, 4.69) is 26.0 Å². The van der Waals surface area contributed by atoms with Gasteiger partial charge < -0.3 is 10.6 Å². The van der Waals surface area contributed by atoms with Crippen LogP contribution in [0.25, 0.3) is 0 Å². The summed E-state index contributed by atoms with van der Waals surface area (Å²) in [6, 6.07) is 1.70. The number of nitrogens with one attached hydrogen (secondary N) is 3. The topological polar surface area (TPSA) is 105 Å². The fourth-order valence-corrected chi connectivity index (χ4v) is 0.956. The molecular weight excluding hydrogens is 196 g/mol. The number of hydrazine groups is 1. The number of hydrogen-bond donors (Lipinski definition) is 4. The number of nitrogen functional groups attached to an aromatic ring is 1. The van der Waals surface area contributed by atoms with Crippen molar-refractivity contribution in [2.75, 3.05) is 24.3 Å². The van der Waals surface area contributed by atoms with E-state index in [4.69, 9.17) is 5.84 Å². The molecule has 0 aliphatic rings. The summed E-state index contributed by atoms with van der Waals surface area (Å²) in [5.74, 6) is 6.09. The highest BCUT2D eigenvalue weighted by Crippen LogP contribution is 2.03. The number of nitrogens with two attached hydrogens (primary N) is 1. The van der Waals surface area contributed by atoms with Crippen molar-refractivity contribution in [1.29, 1.82) is 0 Å². The molecule has 0 saturated heterocycles. The van der Waals surface area contributed by atoms with Crippen molar-refractivity contribution in [2.45, 2.75) is 6.42 Å². The monoisotopic (exact) mass is 210 g/mol. The minimum atomic E-state index is -0.0197. The van der Waals surface area contributed by atoms with E-state index in [-0.39, 0.29) is 5.91 Å². The van der Waals surface area contributed by atoms with E-state index in [0.717, 1.165) is 0 Å². The number of hydrogen-bond acceptors (Lipinski definition) is 6. The molecular formula is C8H14N6O. The largest absolute Gasteiger partial charge is 0.369 e. The molecule has 7 nitrogen and oxygen atoms in total. The molecule has 0 aromatic carbocycles. The SMILES string of the molecule is CNC(=O)CCNc1ccnc(NN)n1. The molecule has 1 heterocycles. The van der Waals surface area contributed by atoms with Gasteiger partial charge in [-0.2, -0.15) is 4.98 Å². The van der Waals surface area contributed by atoms with Gasteiger partial charge in [-0.3, -0.25) is 10.2 Å². The third kappa shape index (κ3) is 3.77. The summed E-state index contributed by atoms with van der Waals surface area (Å²) in [6.07, 6.45) is 1.97. The molecule has 0 bridgehead atoms. The quantitative estimate of drug-likeness (QED) is 0.379. The first kappa shape index (κ1) is 11.2. The van der Waals surface area contributed by atoms with Crippen LogP contribution < -0.4 is 21.9 Å². The van der Waals surface area contributed by atoms with E-state index in [9.17, 15) is 4.79 Å². The van der Waals surface area contributed by atoms with Crippen molar-refractivity contribution < 1.29 is 4.79 Å². The molecule has 15 heavy (non-hydrogen) atoms. The molecule has 0 fully saturated rings. The molecule has 7 heteroatoms. The summed E-state index contributed by atoms with van der Waals surface area (Å²) in [6.45, 7) is 0.515. The molecule has 5 N–H and O–H groups in total. The van der Waals surface area contributed by atoms with Gasteiger partial charge in [0.25, 0.3) is 0 Å². The Hall–Kier alpha value is -1.89. The van der Waals surface area contributed by atoms with Gasteiger partial charge in [0, 0.05) is 26.2 Å². The Morgan fingerprint density at radius 2 is 2.40 bits per heavy atom. The van der Waals surface area contributed by atoms with E-state index in [0.29, 0.717) is 24.7 Å². The fraction of sp³-hybridized carbons (Fsp3) is 0.375. The maximum atomic E-state index is 10.9. The second-order valence-electron chi connectivity index (χ2n) is 2.76. The van der Waals surface area contributed by atoms with E-state index in [1.165, 1.54) is 0 Å². The van der Waals surface area contributed by atoms with Crippen molar-refractivity contribution in [2.24, 2.45) is 5.84 Å². The van der Waals surface area contributed by atoms with E-state index in [1.54, 1.807) is 19.3 Å². The first-order chi connectivity index (χ1) is 7.26. The summed E-state index contributed by atoms with van der Waals surface area (Å²) in [4.78, 5) is 18.8. The molecule has 0 aliphatic heterocycles. The molecule has 1 aromatic rings. The maximum absolute atomic E-state index is 10.9. The predicted octanol–water partition coefficient (Wildman–Crippen LogP) is -0.690. The lowest BCUT2D eigenvalue weighted by atomic mass is 10.4. The molecule has 0 radical (unpaired) electrons. The van der Waals surface area contributed by atoms with Gasteiger partial charge in [0.2, 0.25) is 11.9 Å². The lowest BCUT2D eigenvalue weighted by Crippen LogP contribution is -2.21. The Bertz CT molecular complexity index is 329. The molecule has 1 aromatic heterocycles. The smallest absolute Gasteiger partial charge is 0.239 e. The van der Waals surface area contributed by atoms with Gasteiger partial charge in [-0.1, -0.05) is 0 Å². The Labute approximate surface area is 87.5 Å². The molecule has 0 atom stereocenters. The summed E-state index contributed by atoms with van der Waals surface area (Å²) in [5, 5.41) is 5.51. The minimum Gasteiger partial charge on any atom is -0.369 e. The van der Waals surface area contributed by atoms with Crippen LogP contribution in [-0.4, -0.2) is 29.5 Å². The van der Waals surface area contributed by atoms with Gasteiger partial charge in [0.15, 0.2) is 0 Å². The Kier molecular flexibility index (Phi) is 4.30. The fourth-order valence-electron chi connectivity index (χ4n) is 0.956. The number of carbonyl (C=O) groups is 1. The van der Waals surface area contributed by atoms with Crippen LogP contribution in [0.15, 0.2) is 12.3 Å². The molecule has 1 rings (SSSR count). The third-order valence-electron chi connectivity index (χ3n) is 1.72. The van der Waals surface area contributed by atoms with Gasteiger partial charge >= 0.3 is 0 Å². The van der Waals surface area contributed by atoms with Crippen LogP contribution in [0.3, 0.4) is 0 Å². The van der Waals surface area contributed by atoms with Crippen LogP contribution in [0.1, 0.15) is 6.42 Å². The number of amides is 1. The number of carbonyl (C=O) groups excluding carboxylic acids is 1. The van der Waals surface area contributed by atoms with E-state index < -0.39 is 0 Å². The van der Waals surface area contributed by atoms with Gasteiger partial charge in [-0.15, -0.1) is 0 Å². The summed E-state index contributed by atoms with van der Waals surface area (Å²) in [7, 11) is 1.60. The first-order valence-corrected chi connectivity index (χ1v) is 4.50. The zero-order chi connectivity index (χ0) is 11.1. The van der Waals surface area contributed by atoms with Crippen LogP contribution >= 0.6 is 0 Å². The van der Waals surface area contributed by atoms with Crippen LogP contribution in [0.5, 0.6) is 0 Å². The molecule has 0 unspecified atom stereocenters. The molecule has 1 amide bonds. The zero-order valence-corrected chi connectivity index (χ0v) is 8.45. The van der Waals surface area contributed by atoms with Gasteiger partial charge in [-0.25, -0.2) is 10.8 Å². The van der Waals surface area contributed by atoms with Crippen LogP contribution in [0.4, 0.5) is 11.8 Å². The highest BCUT2D eigenvalue weighted by molar-refractivity contribution is 5.76. The van der Waals surface area contributed by atoms with Gasteiger partial charge in [0.05, 0.1) is 0 Å². The number of rotatable bonds is 5. The summed E-state index contributed by atoms with van der Waals surface area (Å²) >= 11 is 0. The average Bonchev–Trinajstić information content (AvgIpc) is 2.29. The summed E-state index contributed by atoms with van der Waals surface area (Å²) < 4.78 is 0. The minimum absolute atomic E-state index is 0.0197. The standard InChI is InChI=1S/C8H14N6O/c1-10-7(15)3-5-11-6-2-4-12-8(13-6)14-9/h2,4H,3,5,9H2,1H3,(H,10,15)(H2,11,12,13,14). The van der Waals surface area contributed by atoms with Crippen LogP contribution in [0.2, 0.25) is 0 Å². The highest BCUT2D eigenvalue weighted by Gasteiger charge is 1.99. The van der Waals surface area contributed by atoms with Crippen LogP contribution in [0, 0.1) is 0 Å². The second-order valence-corrected chi connectivity index (χ2v) is 2.76. The van der Waals surface area contributed by atoms with Crippen molar-refractivity contribution in [3.05, 3.63) is 12.3 Å². The normalized spacial score (nSPS) is 9.47. The van der Waals surface area contributed by atoms with Crippen LogP contribution in [-0.2, 0) is 4.79 Å². The number of nitrogens with zero attached hydrogens (tertiary/aromatic N) is 2. The van der Waals surface area contributed by atoms with Crippen molar-refractivity contribution in [1.82, 2.24) is 15.3 Å². The lowest BCUT2D eigenvalue weighted by molar-refractivity contribution is -0.120. The third-order valence-corrected chi connectivity index (χ3v) is 1.72. The van der Waals surface area contributed by atoms with Crippen molar-refractivity contribution >= 4 is 17.7 Å². The molecule has 0 spiro atoms. The summed E-state index contributed by atoms with van der Waals surface area (Å²) in [5.41, 5.74) is 2.34. The molecule has 0 saturated carbocycles. The highest BCUT2D eigenvalue weighted by atomic mass is 16.1. The maximum Gasteiger partial charge on any atom is 0.239 e. The van der Waals surface area contributed by atoms with Gasteiger partial charge in [-0.05, 0) is 6.07 Å². The van der Waals surface area contributed by atoms with E-state index >= 15 is 0 Å². The zero-order valence-electron chi connectivity index (χ0n) is 8.45. The van der Waals surface area contributed by atoms with Gasteiger partial charge in [0.1, 0.15) is 5.82 Å². The predicted molar refractivity (Wildman–Crippen MR) is 57.0 cm³/mol. The second kappa shape index (κ2) is 5.76. The average molecular weight is 210 g/mol. The molecule has 82 valence electrons. The van der Waals surface area contributed by atoms with Crippen molar-refractivity contribution in [3.8, 4) is 0 Å². The Morgan fingerprint density at radius 3 is 3.07 bits per heavy atom. The van der Waals surface area contributed by atoms with Crippen molar-refractivity contribution in [3.63, 3.8) is 0 Å². The first-order valence-electron chi connectivity index (χ1n) is 4.50.